The largest absolute Gasteiger partial charge is 0.396 e. The second-order valence-corrected chi connectivity index (χ2v) is 5.47. The van der Waals surface area contributed by atoms with Crippen LogP contribution in [0.15, 0.2) is 24.3 Å². The summed E-state index contributed by atoms with van der Waals surface area (Å²) >= 11 is 0. The van der Waals surface area contributed by atoms with E-state index in [0.29, 0.717) is 18.7 Å². The SMILES string of the molecule is CC(C)(CO)CN1Cc2ccccc2C1(O)O. The number of nitrogens with zero attached hydrogens (tertiary/aromatic N) is 1. The molecule has 0 unspecified atom stereocenters. The van der Waals surface area contributed by atoms with E-state index in [-0.39, 0.29) is 12.0 Å². The van der Waals surface area contributed by atoms with E-state index < -0.39 is 5.91 Å². The molecule has 0 fully saturated rings. The Balaban J connectivity index is 2.25. The van der Waals surface area contributed by atoms with Crippen molar-refractivity contribution in [2.75, 3.05) is 13.2 Å². The zero-order valence-corrected chi connectivity index (χ0v) is 10.2. The van der Waals surface area contributed by atoms with Gasteiger partial charge in [-0.3, -0.25) is 0 Å². The number of aliphatic hydroxyl groups excluding tert-OH is 1. The Morgan fingerprint density at radius 3 is 2.53 bits per heavy atom. The lowest BCUT2D eigenvalue weighted by molar-refractivity contribution is -0.274. The highest BCUT2D eigenvalue weighted by Gasteiger charge is 2.43. The quantitative estimate of drug-likeness (QED) is 0.674. The molecule has 0 spiro atoms. The van der Waals surface area contributed by atoms with E-state index in [1.807, 2.05) is 26.0 Å². The molecule has 3 N–H and O–H groups in total. The predicted molar refractivity (Wildman–Crippen MR) is 63.8 cm³/mol. The summed E-state index contributed by atoms with van der Waals surface area (Å²) in [6, 6.07) is 7.29. The summed E-state index contributed by atoms with van der Waals surface area (Å²) in [5.74, 6) is -1.93. The maximum atomic E-state index is 10.2. The second kappa shape index (κ2) is 4.07. The summed E-state index contributed by atoms with van der Waals surface area (Å²) in [5.41, 5.74) is 1.10. The standard InChI is InChI=1S/C13H19NO3/c1-12(2,9-15)8-14-7-10-5-3-4-6-11(10)13(14,16)17/h3-6,15-17H,7-9H2,1-2H3. The minimum absolute atomic E-state index is 0.00985. The summed E-state index contributed by atoms with van der Waals surface area (Å²) in [5, 5.41) is 29.6. The van der Waals surface area contributed by atoms with Gasteiger partial charge in [0, 0.05) is 30.7 Å². The first-order chi connectivity index (χ1) is 7.87. The van der Waals surface area contributed by atoms with Crippen molar-refractivity contribution in [1.29, 1.82) is 0 Å². The number of rotatable bonds is 3. The molecule has 1 aromatic carbocycles. The first-order valence-corrected chi connectivity index (χ1v) is 5.76. The first kappa shape index (κ1) is 12.5. The van der Waals surface area contributed by atoms with Gasteiger partial charge in [-0.2, -0.15) is 0 Å². The molecule has 94 valence electrons. The van der Waals surface area contributed by atoms with Crippen LogP contribution in [0.2, 0.25) is 0 Å². The zero-order valence-electron chi connectivity index (χ0n) is 10.2. The van der Waals surface area contributed by atoms with Crippen LogP contribution in [0, 0.1) is 5.41 Å². The Labute approximate surface area is 101 Å². The molecule has 0 saturated heterocycles. The maximum Gasteiger partial charge on any atom is 0.253 e. The molecule has 1 aliphatic heterocycles. The summed E-state index contributed by atoms with van der Waals surface area (Å²) in [6.07, 6.45) is 0. The van der Waals surface area contributed by atoms with Gasteiger partial charge in [-0.1, -0.05) is 38.1 Å². The molecule has 1 aromatic rings. The molecule has 1 heterocycles. The van der Waals surface area contributed by atoms with Crippen LogP contribution >= 0.6 is 0 Å². The van der Waals surface area contributed by atoms with Gasteiger partial charge in [0.25, 0.3) is 5.91 Å². The van der Waals surface area contributed by atoms with Crippen LogP contribution < -0.4 is 0 Å². The van der Waals surface area contributed by atoms with Crippen molar-refractivity contribution < 1.29 is 15.3 Å². The Hall–Kier alpha value is -0.940. The molecular weight excluding hydrogens is 218 g/mol. The first-order valence-electron chi connectivity index (χ1n) is 5.76. The fourth-order valence-electron chi connectivity index (χ4n) is 2.20. The van der Waals surface area contributed by atoms with E-state index in [1.54, 1.807) is 17.0 Å². The van der Waals surface area contributed by atoms with Gasteiger partial charge in [0.1, 0.15) is 0 Å². The van der Waals surface area contributed by atoms with E-state index in [4.69, 9.17) is 0 Å². The number of aliphatic hydroxyl groups is 3. The third-order valence-corrected chi connectivity index (χ3v) is 3.23. The molecule has 0 amide bonds. The van der Waals surface area contributed by atoms with Gasteiger partial charge in [0.2, 0.25) is 0 Å². The number of hydrogen-bond acceptors (Lipinski definition) is 4. The van der Waals surface area contributed by atoms with Crippen LogP contribution in [0.25, 0.3) is 0 Å². The van der Waals surface area contributed by atoms with Gasteiger partial charge in [0.05, 0.1) is 0 Å². The molecule has 4 nitrogen and oxygen atoms in total. The second-order valence-electron chi connectivity index (χ2n) is 5.47. The summed E-state index contributed by atoms with van der Waals surface area (Å²) < 4.78 is 0. The van der Waals surface area contributed by atoms with E-state index in [0.717, 1.165) is 5.56 Å². The maximum absolute atomic E-state index is 10.2. The summed E-state index contributed by atoms with van der Waals surface area (Å²) in [7, 11) is 0. The average molecular weight is 237 g/mol. The highest BCUT2D eigenvalue weighted by molar-refractivity contribution is 5.34. The predicted octanol–water partition coefficient (Wildman–Crippen LogP) is 0.616. The Bertz CT molecular complexity index is 415. The van der Waals surface area contributed by atoms with E-state index in [2.05, 4.69) is 0 Å². The van der Waals surface area contributed by atoms with Crippen molar-refractivity contribution in [3.8, 4) is 0 Å². The van der Waals surface area contributed by atoms with Gasteiger partial charge in [-0.25, -0.2) is 4.90 Å². The minimum Gasteiger partial charge on any atom is -0.396 e. The monoisotopic (exact) mass is 237 g/mol. The molecule has 4 heteroatoms. The Morgan fingerprint density at radius 2 is 1.94 bits per heavy atom. The van der Waals surface area contributed by atoms with Crippen molar-refractivity contribution in [3.63, 3.8) is 0 Å². The Morgan fingerprint density at radius 1 is 1.29 bits per heavy atom. The fourth-order valence-corrected chi connectivity index (χ4v) is 2.20. The molecule has 17 heavy (non-hydrogen) atoms. The van der Waals surface area contributed by atoms with Crippen LogP contribution in [-0.2, 0) is 12.5 Å². The van der Waals surface area contributed by atoms with Crippen LogP contribution in [0.3, 0.4) is 0 Å². The van der Waals surface area contributed by atoms with Gasteiger partial charge in [0.15, 0.2) is 0 Å². The van der Waals surface area contributed by atoms with Gasteiger partial charge in [-0.05, 0) is 5.56 Å². The minimum atomic E-state index is -1.93. The normalized spacial score (nSPS) is 19.4. The molecule has 0 atom stereocenters. The number of benzene rings is 1. The van der Waals surface area contributed by atoms with E-state index >= 15 is 0 Å². The molecule has 0 aromatic heterocycles. The van der Waals surface area contributed by atoms with Crippen LogP contribution in [-0.4, -0.2) is 33.4 Å². The van der Waals surface area contributed by atoms with Crippen LogP contribution in [0.1, 0.15) is 25.0 Å². The molecule has 2 rings (SSSR count). The molecule has 0 radical (unpaired) electrons. The molecule has 0 saturated carbocycles. The van der Waals surface area contributed by atoms with Gasteiger partial charge < -0.3 is 15.3 Å². The number of hydrogen-bond donors (Lipinski definition) is 3. The number of fused-ring (bicyclic) bond motifs is 1. The third kappa shape index (κ3) is 2.21. The highest BCUT2D eigenvalue weighted by Crippen LogP contribution is 2.36. The average Bonchev–Trinajstić information content (AvgIpc) is 2.51. The van der Waals surface area contributed by atoms with Gasteiger partial charge >= 0.3 is 0 Å². The summed E-state index contributed by atoms with van der Waals surface area (Å²) in [4.78, 5) is 1.58. The van der Waals surface area contributed by atoms with Crippen molar-refractivity contribution in [2.24, 2.45) is 5.41 Å². The molecule has 1 aliphatic rings. The molecular formula is C13H19NO3. The lowest BCUT2D eigenvalue weighted by Crippen LogP contribution is -2.46. The van der Waals surface area contributed by atoms with Crippen molar-refractivity contribution in [3.05, 3.63) is 35.4 Å². The molecule has 0 aliphatic carbocycles. The smallest absolute Gasteiger partial charge is 0.253 e. The topological polar surface area (TPSA) is 63.9 Å². The third-order valence-electron chi connectivity index (χ3n) is 3.23. The zero-order chi connectivity index (χ0) is 12.7. The van der Waals surface area contributed by atoms with Crippen molar-refractivity contribution in [1.82, 2.24) is 4.90 Å². The lowest BCUT2D eigenvalue weighted by Gasteiger charge is -2.34. The summed E-state index contributed by atoms with van der Waals surface area (Å²) in [6.45, 7) is 4.71. The van der Waals surface area contributed by atoms with E-state index in [9.17, 15) is 15.3 Å². The molecule has 0 bridgehead atoms. The fraction of sp³-hybridized carbons (Fsp3) is 0.538. The van der Waals surface area contributed by atoms with Crippen molar-refractivity contribution in [2.45, 2.75) is 26.3 Å². The Kier molecular flexibility index (Phi) is 2.99. The lowest BCUT2D eigenvalue weighted by atomic mass is 9.94. The van der Waals surface area contributed by atoms with Crippen LogP contribution in [0.5, 0.6) is 0 Å². The van der Waals surface area contributed by atoms with Crippen LogP contribution in [0.4, 0.5) is 0 Å². The van der Waals surface area contributed by atoms with E-state index in [1.165, 1.54) is 0 Å². The van der Waals surface area contributed by atoms with Crippen molar-refractivity contribution >= 4 is 0 Å². The van der Waals surface area contributed by atoms with Gasteiger partial charge in [-0.15, -0.1) is 0 Å². The highest BCUT2D eigenvalue weighted by atomic mass is 16.5.